The van der Waals surface area contributed by atoms with E-state index in [1.807, 2.05) is 0 Å². The Labute approximate surface area is 250 Å². The molecule has 0 aromatic rings. The summed E-state index contributed by atoms with van der Waals surface area (Å²) in [5, 5.41) is 0. The highest BCUT2D eigenvalue weighted by Crippen LogP contribution is 2.26. The highest BCUT2D eigenvalue weighted by atomic mass is 28.4. The predicted octanol–water partition coefficient (Wildman–Crippen LogP) is 7.09. The van der Waals surface area contributed by atoms with E-state index in [9.17, 15) is 0 Å². The highest BCUT2D eigenvalue weighted by molar-refractivity contribution is 6.61. The first kappa shape index (κ1) is 40.3. The van der Waals surface area contributed by atoms with Crippen molar-refractivity contribution < 1.29 is 39.8 Å². The molecule has 40 heavy (non-hydrogen) atoms. The van der Waals surface area contributed by atoms with Gasteiger partial charge in [-0.25, -0.2) is 0 Å². The number of rotatable bonds is 30. The van der Waals surface area contributed by atoms with Crippen LogP contribution >= 0.6 is 0 Å². The van der Waals surface area contributed by atoms with Crippen molar-refractivity contribution in [3.05, 3.63) is 0 Å². The summed E-state index contributed by atoms with van der Waals surface area (Å²) in [6.45, 7) is 0. The average molecular weight is 629 g/mol. The maximum absolute atomic E-state index is 5.56. The lowest BCUT2D eigenvalue weighted by molar-refractivity contribution is 0.122. The van der Waals surface area contributed by atoms with Crippen LogP contribution in [-0.2, 0) is 39.8 Å². The molecule has 0 saturated heterocycles. The predicted molar refractivity (Wildman–Crippen MR) is 168 cm³/mol. The molecule has 0 bridgehead atoms. The second kappa shape index (κ2) is 24.7. The van der Waals surface area contributed by atoms with Gasteiger partial charge >= 0.3 is 26.4 Å². The lowest BCUT2D eigenvalue weighted by Crippen LogP contribution is -2.42. The smallest absolute Gasteiger partial charge is 0.377 e. The van der Waals surface area contributed by atoms with Crippen LogP contribution in [0.4, 0.5) is 0 Å². The first-order valence-electron chi connectivity index (χ1n) is 15.3. The normalized spacial score (nSPS) is 13.1. The molecule has 0 aromatic heterocycles. The minimum atomic E-state index is -2.44. The molecule has 0 N–H and O–H groups in total. The Balaban J connectivity index is 4.49. The molecule has 0 aliphatic rings. The summed E-state index contributed by atoms with van der Waals surface area (Å²) in [7, 11) is 7.93. The van der Waals surface area contributed by atoms with E-state index in [0.29, 0.717) is 0 Å². The lowest BCUT2D eigenvalue weighted by atomic mass is 9.90. The van der Waals surface area contributed by atoms with Gasteiger partial charge in [-0.2, -0.15) is 0 Å². The zero-order valence-electron chi connectivity index (χ0n) is 27.5. The second-order valence-electron chi connectivity index (χ2n) is 10.6. The van der Waals surface area contributed by atoms with E-state index >= 15 is 0 Å². The maximum Gasteiger partial charge on any atom is 0.500 e. The van der Waals surface area contributed by atoms with Crippen LogP contribution < -0.4 is 0 Å². The fraction of sp³-hybridized carbons (Fsp3) is 1.00. The molecule has 12 heteroatoms. The first-order valence-corrected chi connectivity index (χ1v) is 21.1. The summed E-state index contributed by atoms with van der Waals surface area (Å²) >= 11 is 0. The van der Waals surface area contributed by atoms with Crippen molar-refractivity contribution in [2.75, 3.05) is 64.0 Å². The third kappa shape index (κ3) is 16.2. The van der Waals surface area contributed by atoms with Gasteiger partial charge in [-0.15, -0.1) is 0 Å². The van der Waals surface area contributed by atoms with Crippen molar-refractivity contribution in [2.45, 2.75) is 114 Å². The first-order chi connectivity index (χ1) is 19.3. The van der Waals surface area contributed by atoms with Gasteiger partial charge in [-0.05, 0) is 25.2 Å². The van der Waals surface area contributed by atoms with Crippen LogP contribution in [0.25, 0.3) is 0 Å². The molecule has 242 valence electrons. The van der Waals surface area contributed by atoms with E-state index in [-0.39, 0.29) is 0 Å². The van der Waals surface area contributed by atoms with Crippen molar-refractivity contribution in [3.63, 3.8) is 0 Å². The molecule has 0 aromatic carbocycles. The Morgan fingerprint density at radius 3 is 0.700 bits per heavy atom. The van der Waals surface area contributed by atoms with Crippen molar-refractivity contribution in [1.82, 2.24) is 0 Å². The van der Waals surface area contributed by atoms with Crippen molar-refractivity contribution >= 4 is 26.4 Å². The topological polar surface area (TPSA) is 83.1 Å². The quantitative estimate of drug-likeness (QED) is 0.0612. The van der Waals surface area contributed by atoms with Crippen LogP contribution in [0.15, 0.2) is 0 Å². The van der Waals surface area contributed by atoms with Gasteiger partial charge in [0.2, 0.25) is 0 Å². The molecule has 0 radical (unpaired) electrons. The largest absolute Gasteiger partial charge is 0.500 e. The standard InChI is InChI=1S/C28H64O9Si3/c1-29-38(30-2,31-3)25-19-13-10-16-22-28(23-17-11-14-20-26-39(32-4,33-5)34-6)24-18-12-15-21-27-40(35-7,36-8)37-9/h28H,10-27H2,1-9H3. The Morgan fingerprint density at radius 2 is 0.500 bits per heavy atom. The molecule has 0 aliphatic carbocycles. The molecular weight excluding hydrogens is 565 g/mol. The van der Waals surface area contributed by atoms with Gasteiger partial charge in [-0.3, -0.25) is 0 Å². The molecule has 0 rings (SSSR count). The Kier molecular flexibility index (Phi) is 24.9. The molecule has 0 amide bonds. The van der Waals surface area contributed by atoms with Crippen LogP contribution in [0.2, 0.25) is 18.1 Å². The SMILES string of the molecule is CO[Si](CCCCCCC(CCCCCC[Si](OC)(OC)OC)CCCCCC[Si](OC)(OC)OC)(OC)OC. The maximum atomic E-state index is 5.56. The second-order valence-corrected chi connectivity index (χ2v) is 19.9. The van der Waals surface area contributed by atoms with Crippen molar-refractivity contribution in [3.8, 4) is 0 Å². The summed E-state index contributed by atoms with van der Waals surface area (Å²) in [6.07, 6.45) is 18.5. The average Bonchev–Trinajstić information content (AvgIpc) is 3.00. The van der Waals surface area contributed by atoms with Crippen LogP contribution in [0.1, 0.15) is 96.3 Å². The minimum Gasteiger partial charge on any atom is -0.377 e. The number of hydrogen-bond acceptors (Lipinski definition) is 9. The van der Waals surface area contributed by atoms with Crippen LogP contribution in [0.5, 0.6) is 0 Å². The molecule has 0 atom stereocenters. The van der Waals surface area contributed by atoms with E-state index in [2.05, 4.69) is 0 Å². The molecule has 0 spiro atoms. The Hall–Kier alpha value is 0.291. The molecule has 9 nitrogen and oxygen atoms in total. The molecule has 0 fully saturated rings. The zero-order chi connectivity index (χ0) is 30.2. The monoisotopic (exact) mass is 628 g/mol. The molecule has 0 saturated carbocycles. The van der Waals surface area contributed by atoms with Gasteiger partial charge in [-0.1, -0.05) is 77.0 Å². The summed E-state index contributed by atoms with van der Waals surface area (Å²) in [5.74, 6) is 0.807. The van der Waals surface area contributed by atoms with Gasteiger partial charge < -0.3 is 39.8 Å². The van der Waals surface area contributed by atoms with E-state index in [4.69, 9.17) is 39.8 Å². The van der Waals surface area contributed by atoms with E-state index in [1.165, 1.54) is 77.0 Å². The molecule has 0 heterocycles. The van der Waals surface area contributed by atoms with E-state index in [1.54, 1.807) is 64.0 Å². The summed E-state index contributed by atoms with van der Waals surface area (Å²) < 4.78 is 50.0. The fourth-order valence-corrected chi connectivity index (χ4v) is 10.9. The summed E-state index contributed by atoms with van der Waals surface area (Å²) in [6, 6.07) is 2.66. The number of hydrogen-bond donors (Lipinski definition) is 0. The van der Waals surface area contributed by atoms with Gasteiger partial charge in [0.15, 0.2) is 0 Å². The highest BCUT2D eigenvalue weighted by Gasteiger charge is 2.38. The van der Waals surface area contributed by atoms with Crippen molar-refractivity contribution in [2.24, 2.45) is 5.92 Å². The Morgan fingerprint density at radius 1 is 0.300 bits per heavy atom. The van der Waals surface area contributed by atoms with Crippen LogP contribution in [0.3, 0.4) is 0 Å². The summed E-state index contributed by atoms with van der Waals surface area (Å²) in [4.78, 5) is 0. The lowest BCUT2D eigenvalue weighted by Gasteiger charge is -2.24. The zero-order valence-corrected chi connectivity index (χ0v) is 30.5. The molecular formula is C28H64O9Si3. The van der Waals surface area contributed by atoms with E-state index in [0.717, 1.165) is 43.3 Å². The van der Waals surface area contributed by atoms with Crippen LogP contribution in [0, 0.1) is 5.92 Å². The van der Waals surface area contributed by atoms with Gasteiger partial charge in [0.25, 0.3) is 0 Å². The molecule has 0 aliphatic heterocycles. The van der Waals surface area contributed by atoms with Gasteiger partial charge in [0, 0.05) is 82.1 Å². The third-order valence-electron chi connectivity index (χ3n) is 8.34. The van der Waals surface area contributed by atoms with Crippen LogP contribution in [-0.4, -0.2) is 90.4 Å². The number of unbranched alkanes of at least 4 members (excludes halogenated alkanes) is 9. The van der Waals surface area contributed by atoms with Gasteiger partial charge in [0.05, 0.1) is 0 Å². The van der Waals surface area contributed by atoms with Crippen molar-refractivity contribution in [1.29, 1.82) is 0 Å². The fourth-order valence-electron chi connectivity index (χ4n) is 5.49. The van der Waals surface area contributed by atoms with E-state index < -0.39 is 26.4 Å². The third-order valence-corrected chi connectivity index (χ3v) is 16.8. The summed E-state index contributed by atoms with van der Waals surface area (Å²) in [5.41, 5.74) is 0. The van der Waals surface area contributed by atoms with Gasteiger partial charge in [0.1, 0.15) is 0 Å². The Bertz CT molecular complexity index is 462. The molecule has 0 unspecified atom stereocenters. The minimum absolute atomic E-state index is 0.807.